The monoisotopic (exact) mass is 283 g/mol. The van der Waals surface area contributed by atoms with Gasteiger partial charge in [-0.25, -0.2) is 9.97 Å². The molecule has 0 aliphatic rings. The van der Waals surface area contributed by atoms with Crippen LogP contribution >= 0.6 is 0 Å². The number of aryl methyl sites for hydroxylation is 4. The summed E-state index contributed by atoms with van der Waals surface area (Å²) in [5.41, 5.74) is 6.54. The first-order valence-corrected chi connectivity index (χ1v) is 7.61. The van der Waals surface area contributed by atoms with Crippen LogP contribution in [0.3, 0.4) is 0 Å². The molecule has 3 heteroatoms. The quantitative estimate of drug-likeness (QED) is 0.911. The summed E-state index contributed by atoms with van der Waals surface area (Å²) in [6, 6.07) is 6.77. The lowest BCUT2D eigenvalue weighted by atomic mass is 9.93. The minimum absolute atomic E-state index is 0.233. The van der Waals surface area contributed by atoms with E-state index in [1.807, 2.05) is 19.2 Å². The van der Waals surface area contributed by atoms with Crippen molar-refractivity contribution in [3.63, 3.8) is 0 Å². The smallest absolute Gasteiger partial charge is 0.125 e. The van der Waals surface area contributed by atoms with Crippen molar-refractivity contribution in [2.75, 3.05) is 6.54 Å². The number of aromatic nitrogens is 2. The summed E-state index contributed by atoms with van der Waals surface area (Å²) in [5.74, 6) is 0.827. The molecule has 1 unspecified atom stereocenters. The van der Waals surface area contributed by atoms with E-state index in [4.69, 9.17) is 0 Å². The zero-order valence-electron chi connectivity index (χ0n) is 13.7. The van der Waals surface area contributed by atoms with Crippen LogP contribution in [0.2, 0.25) is 0 Å². The Bertz CT molecular complexity index is 597. The highest BCUT2D eigenvalue weighted by Gasteiger charge is 2.16. The Morgan fingerprint density at radius 1 is 1.10 bits per heavy atom. The molecular weight excluding hydrogens is 258 g/mol. The Labute approximate surface area is 127 Å². The van der Waals surface area contributed by atoms with Crippen LogP contribution in [0.15, 0.2) is 24.4 Å². The predicted octanol–water partition coefficient (Wildman–Crippen LogP) is 3.60. The summed E-state index contributed by atoms with van der Waals surface area (Å²) in [6.45, 7) is 11.6. The molecular formula is C18H25N3. The van der Waals surface area contributed by atoms with Crippen molar-refractivity contribution in [1.29, 1.82) is 0 Å². The molecule has 1 atom stereocenters. The Balaban J connectivity index is 2.33. The van der Waals surface area contributed by atoms with E-state index in [1.54, 1.807) is 0 Å². The fourth-order valence-electron chi connectivity index (χ4n) is 2.93. The fraction of sp³-hybridized carbons (Fsp3) is 0.444. The molecule has 0 amide bonds. The van der Waals surface area contributed by atoms with Crippen molar-refractivity contribution in [2.45, 2.75) is 47.1 Å². The van der Waals surface area contributed by atoms with E-state index < -0.39 is 0 Å². The minimum Gasteiger partial charge on any atom is -0.309 e. The molecule has 0 saturated heterocycles. The van der Waals surface area contributed by atoms with Gasteiger partial charge in [-0.3, -0.25) is 0 Å². The summed E-state index contributed by atoms with van der Waals surface area (Å²) in [5, 5.41) is 3.55. The van der Waals surface area contributed by atoms with Crippen molar-refractivity contribution < 1.29 is 0 Å². The molecule has 0 bridgehead atoms. The van der Waals surface area contributed by atoms with Crippen molar-refractivity contribution >= 4 is 0 Å². The van der Waals surface area contributed by atoms with Gasteiger partial charge in [-0.2, -0.15) is 0 Å². The topological polar surface area (TPSA) is 37.8 Å². The standard InChI is InChI=1S/C18H25N3/c1-6-19-18(17-7-8-20-15(5)21-17)11-16-13(3)9-12(2)10-14(16)4/h7-10,18-19H,6,11H2,1-5H3. The summed E-state index contributed by atoms with van der Waals surface area (Å²) in [4.78, 5) is 8.79. The van der Waals surface area contributed by atoms with Crippen molar-refractivity contribution in [1.82, 2.24) is 15.3 Å². The maximum Gasteiger partial charge on any atom is 0.125 e. The molecule has 0 aliphatic carbocycles. The molecule has 1 N–H and O–H groups in total. The first kappa shape index (κ1) is 15.6. The van der Waals surface area contributed by atoms with Gasteiger partial charge >= 0.3 is 0 Å². The van der Waals surface area contributed by atoms with Crippen molar-refractivity contribution in [2.24, 2.45) is 0 Å². The highest BCUT2D eigenvalue weighted by Crippen LogP contribution is 2.23. The summed E-state index contributed by atoms with van der Waals surface area (Å²) >= 11 is 0. The van der Waals surface area contributed by atoms with Crippen LogP contribution in [-0.2, 0) is 6.42 Å². The Morgan fingerprint density at radius 2 is 1.76 bits per heavy atom. The van der Waals surface area contributed by atoms with Gasteiger partial charge < -0.3 is 5.32 Å². The van der Waals surface area contributed by atoms with Crippen LogP contribution in [-0.4, -0.2) is 16.5 Å². The minimum atomic E-state index is 0.233. The third-order valence-electron chi connectivity index (χ3n) is 3.85. The Kier molecular flexibility index (Phi) is 5.07. The summed E-state index contributed by atoms with van der Waals surface area (Å²) < 4.78 is 0. The van der Waals surface area contributed by atoms with Gasteiger partial charge in [0.15, 0.2) is 0 Å². The van der Waals surface area contributed by atoms with Gasteiger partial charge in [0.1, 0.15) is 5.82 Å². The first-order chi connectivity index (χ1) is 10.0. The molecule has 2 aromatic rings. The van der Waals surface area contributed by atoms with Gasteiger partial charge in [-0.1, -0.05) is 24.6 Å². The normalized spacial score (nSPS) is 12.4. The Hall–Kier alpha value is -1.74. The lowest BCUT2D eigenvalue weighted by molar-refractivity contribution is 0.532. The number of likely N-dealkylation sites (N-methyl/N-ethyl adjacent to an activating group) is 1. The average Bonchev–Trinajstić information content (AvgIpc) is 2.41. The zero-order chi connectivity index (χ0) is 15.4. The zero-order valence-corrected chi connectivity index (χ0v) is 13.7. The number of nitrogens with one attached hydrogen (secondary N) is 1. The van der Waals surface area contributed by atoms with E-state index in [2.05, 4.69) is 55.1 Å². The highest BCUT2D eigenvalue weighted by molar-refractivity contribution is 5.38. The van der Waals surface area contributed by atoms with E-state index in [0.717, 1.165) is 24.5 Å². The average molecular weight is 283 g/mol. The number of hydrogen-bond acceptors (Lipinski definition) is 3. The van der Waals surface area contributed by atoms with Crippen LogP contribution in [0.4, 0.5) is 0 Å². The van der Waals surface area contributed by atoms with Gasteiger partial charge in [0, 0.05) is 6.20 Å². The van der Waals surface area contributed by atoms with Crippen LogP contribution in [0, 0.1) is 27.7 Å². The maximum absolute atomic E-state index is 4.59. The third-order valence-corrected chi connectivity index (χ3v) is 3.85. The van der Waals surface area contributed by atoms with E-state index in [1.165, 1.54) is 22.3 Å². The lowest BCUT2D eigenvalue weighted by Gasteiger charge is -2.20. The van der Waals surface area contributed by atoms with Crippen LogP contribution < -0.4 is 5.32 Å². The van der Waals surface area contributed by atoms with Crippen molar-refractivity contribution in [3.8, 4) is 0 Å². The van der Waals surface area contributed by atoms with Gasteiger partial charge in [0.25, 0.3) is 0 Å². The highest BCUT2D eigenvalue weighted by atomic mass is 15.0. The molecule has 0 radical (unpaired) electrons. The number of nitrogens with zero attached hydrogens (tertiary/aromatic N) is 2. The lowest BCUT2D eigenvalue weighted by Crippen LogP contribution is -2.25. The number of rotatable bonds is 5. The third kappa shape index (κ3) is 3.88. The van der Waals surface area contributed by atoms with Gasteiger partial charge in [0.2, 0.25) is 0 Å². The van der Waals surface area contributed by atoms with E-state index in [0.29, 0.717) is 0 Å². The molecule has 1 aromatic heterocycles. The molecule has 0 saturated carbocycles. The SMILES string of the molecule is CCNC(Cc1c(C)cc(C)cc1C)c1ccnc(C)n1. The molecule has 0 spiro atoms. The molecule has 0 fully saturated rings. The van der Waals surface area contributed by atoms with E-state index in [9.17, 15) is 0 Å². The van der Waals surface area contributed by atoms with Crippen LogP contribution in [0.25, 0.3) is 0 Å². The van der Waals surface area contributed by atoms with E-state index in [-0.39, 0.29) is 6.04 Å². The van der Waals surface area contributed by atoms with Gasteiger partial charge in [0.05, 0.1) is 11.7 Å². The second-order valence-corrected chi connectivity index (χ2v) is 5.72. The second kappa shape index (κ2) is 6.81. The molecule has 0 aliphatic heterocycles. The summed E-state index contributed by atoms with van der Waals surface area (Å²) in [6.07, 6.45) is 2.80. The second-order valence-electron chi connectivity index (χ2n) is 5.72. The molecule has 21 heavy (non-hydrogen) atoms. The molecule has 1 aromatic carbocycles. The summed E-state index contributed by atoms with van der Waals surface area (Å²) in [7, 11) is 0. The maximum atomic E-state index is 4.59. The van der Waals surface area contributed by atoms with Crippen molar-refractivity contribution in [3.05, 3.63) is 58.2 Å². The molecule has 1 heterocycles. The van der Waals surface area contributed by atoms with Crippen LogP contribution in [0.5, 0.6) is 0 Å². The molecule has 2 rings (SSSR count). The van der Waals surface area contributed by atoms with Crippen LogP contribution in [0.1, 0.15) is 46.7 Å². The number of benzene rings is 1. The predicted molar refractivity (Wildman–Crippen MR) is 87.5 cm³/mol. The van der Waals surface area contributed by atoms with E-state index >= 15 is 0 Å². The van der Waals surface area contributed by atoms with Gasteiger partial charge in [-0.15, -0.1) is 0 Å². The first-order valence-electron chi connectivity index (χ1n) is 7.61. The molecule has 112 valence electrons. The molecule has 3 nitrogen and oxygen atoms in total. The number of hydrogen-bond donors (Lipinski definition) is 1. The van der Waals surface area contributed by atoms with Gasteiger partial charge in [-0.05, 0) is 63.4 Å². The largest absolute Gasteiger partial charge is 0.309 e. The fourth-order valence-corrected chi connectivity index (χ4v) is 2.93. The Morgan fingerprint density at radius 3 is 2.33 bits per heavy atom.